The zero-order chi connectivity index (χ0) is 16.8. The zero-order valence-corrected chi connectivity index (χ0v) is 14.2. The van der Waals surface area contributed by atoms with Gasteiger partial charge in [0.15, 0.2) is 0 Å². The first-order chi connectivity index (χ1) is 11.1. The molecule has 1 aromatic carbocycles. The highest BCUT2D eigenvalue weighted by Gasteiger charge is 2.25. The highest BCUT2D eigenvalue weighted by atomic mass is 32.1. The van der Waals surface area contributed by atoms with Crippen molar-refractivity contribution in [3.05, 3.63) is 51.5 Å². The molecule has 23 heavy (non-hydrogen) atoms. The third kappa shape index (κ3) is 4.15. The van der Waals surface area contributed by atoms with Gasteiger partial charge in [-0.3, -0.25) is 5.32 Å². The zero-order valence-electron chi connectivity index (χ0n) is 13.4. The minimum Gasteiger partial charge on any atom is -0.468 e. The smallest absolute Gasteiger partial charge is 0.327 e. The number of rotatable bonds is 6. The van der Waals surface area contributed by atoms with E-state index in [1.165, 1.54) is 12.0 Å². The summed E-state index contributed by atoms with van der Waals surface area (Å²) in [6, 6.07) is 8.31. The first kappa shape index (κ1) is 17.1. The Morgan fingerprint density at radius 1 is 1.52 bits per heavy atom. The molecule has 0 saturated carbocycles. The van der Waals surface area contributed by atoms with Crippen molar-refractivity contribution in [3.8, 4) is 6.07 Å². The van der Waals surface area contributed by atoms with E-state index < -0.39 is 6.04 Å². The third-order valence-electron chi connectivity index (χ3n) is 3.49. The molecule has 0 fully saturated rings. The fraction of sp³-hybridized carbons (Fsp3) is 0.353. The van der Waals surface area contributed by atoms with Gasteiger partial charge in [-0.05, 0) is 31.0 Å². The van der Waals surface area contributed by atoms with E-state index in [4.69, 9.17) is 10.00 Å². The van der Waals surface area contributed by atoms with E-state index >= 15 is 0 Å². The van der Waals surface area contributed by atoms with E-state index in [0.717, 1.165) is 11.4 Å². The Hall–Kier alpha value is -2.23. The van der Waals surface area contributed by atoms with Crippen LogP contribution in [-0.2, 0) is 16.0 Å². The van der Waals surface area contributed by atoms with Gasteiger partial charge < -0.3 is 4.74 Å². The molecule has 0 aliphatic rings. The Morgan fingerprint density at radius 2 is 2.30 bits per heavy atom. The Kier molecular flexibility index (Phi) is 5.85. The molecule has 2 atom stereocenters. The van der Waals surface area contributed by atoms with Crippen LogP contribution in [0.5, 0.6) is 0 Å². The number of methoxy groups -OCH3 is 1. The third-order valence-corrected chi connectivity index (χ3v) is 4.82. The number of esters is 1. The predicted molar refractivity (Wildman–Crippen MR) is 89.0 cm³/mol. The van der Waals surface area contributed by atoms with Gasteiger partial charge in [-0.15, -0.1) is 11.3 Å². The van der Waals surface area contributed by atoms with Crippen molar-refractivity contribution in [2.24, 2.45) is 0 Å². The summed E-state index contributed by atoms with van der Waals surface area (Å²) in [6.45, 7) is 4.04. The van der Waals surface area contributed by atoms with Crippen LogP contribution in [0, 0.1) is 11.3 Å². The lowest BCUT2D eigenvalue weighted by Crippen LogP contribution is -2.31. The van der Waals surface area contributed by atoms with Gasteiger partial charge in [-0.1, -0.05) is 19.1 Å². The van der Waals surface area contributed by atoms with Crippen molar-refractivity contribution in [1.82, 2.24) is 10.3 Å². The average molecular weight is 329 g/mol. The summed E-state index contributed by atoms with van der Waals surface area (Å²) in [5, 5.41) is 13.2. The molecule has 0 bridgehead atoms. The maximum Gasteiger partial charge on any atom is 0.327 e. The standard InChI is InChI=1S/C17H19N3O2S/c1-4-14-10-19-16(23-14)11(2)20-15(17(21)22-3)13-7-5-6-12(8-13)9-18/h5-8,10-11,15,20H,4H2,1-3H3. The van der Waals surface area contributed by atoms with Crippen LogP contribution in [0.4, 0.5) is 0 Å². The van der Waals surface area contributed by atoms with Crippen molar-refractivity contribution in [1.29, 1.82) is 5.26 Å². The van der Waals surface area contributed by atoms with E-state index in [2.05, 4.69) is 23.3 Å². The van der Waals surface area contributed by atoms with Gasteiger partial charge in [0.25, 0.3) is 0 Å². The van der Waals surface area contributed by atoms with Crippen LogP contribution in [-0.4, -0.2) is 18.1 Å². The predicted octanol–water partition coefficient (Wildman–Crippen LogP) is 3.14. The molecule has 0 spiro atoms. The summed E-state index contributed by atoms with van der Waals surface area (Å²) in [4.78, 5) is 17.8. The molecule has 0 radical (unpaired) electrons. The normalized spacial score (nSPS) is 13.1. The van der Waals surface area contributed by atoms with Crippen molar-refractivity contribution >= 4 is 17.3 Å². The van der Waals surface area contributed by atoms with Crippen LogP contribution in [0.25, 0.3) is 0 Å². The SMILES string of the molecule is CCc1cnc(C(C)NC(C(=O)OC)c2cccc(C#N)c2)s1. The highest BCUT2D eigenvalue weighted by molar-refractivity contribution is 7.11. The Labute approximate surface area is 139 Å². The lowest BCUT2D eigenvalue weighted by atomic mass is 10.0. The monoisotopic (exact) mass is 329 g/mol. The number of aromatic nitrogens is 1. The Bertz CT molecular complexity index is 721. The number of nitrogens with zero attached hydrogens (tertiary/aromatic N) is 2. The van der Waals surface area contributed by atoms with Crippen LogP contribution in [0.2, 0.25) is 0 Å². The number of carbonyl (C=O) groups is 1. The minimum atomic E-state index is -0.641. The maximum absolute atomic E-state index is 12.2. The molecule has 2 aromatic rings. The average Bonchev–Trinajstić information content (AvgIpc) is 3.08. The molecule has 0 aliphatic heterocycles. The van der Waals surface area contributed by atoms with Crippen molar-refractivity contribution in [3.63, 3.8) is 0 Å². The Balaban J connectivity index is 2.25. The highest BCUT2D eigenvalue weighted by Crippen LogP contribution is 2.25. The number of nitrogens with one attached hydrogen (secondary N) is 1. The van der Waals surface area contributed by atoms with Crippen LogP contribution in [0.3, 0.4) is 0 Å². The number of nitriles is 1. The summed E-state index contributed by atoms with van der Waals surface area (Å²) < 4.78 is 4.90. The van der Waals surface area contributed by atoms with Gasteiger partial charge in [0, 0.05) is 11.1 Å². The maximum atomic E-state index is 12.2. The van der Waals surface area contributed by atoms with E-state index in [1.807, 2.05) is 19.2 Å². The fourth-order valence-electron chi connectivity index (χ4n) is 2.21. The van der Waals surface area contributed by atoms with Gasteiger partial charge in [-0.25, -0.2) is 9.78 Å². The fourth-order valence-corrected chi connectivity index (χ4v) is 3.08. The van der Waals surface area contributed by atoms with E-state index in [0.29, 0.717) is 11.1 Å². The molecule has 0 saturated heterocycles. The van der Waals surface area contributed by atoms with Gasteiger partial charge >= 0.3 is 5.97 Å². The number of carbonyl (C=O) groups excluding carboxylic acids is 1. The number of hydrogen-bond donors (Lipinski definition) is 1. The minimum absolute atomic E-state index is 0.102. The molecule has 2 unspecified atom stereocenters. The number of aryl methyl sites for hydroxylation is 1. The molecule has 1 heterocycles. The quantitative estimate of drug-likeness (QED) is 0.824. The number of ether oxygens (including phenoxy) is 1. The molecule has 2 rings (SSSR count). The second-order valence-corrected chi connectivity index (χ2v) is 6.25. The molecular weight excluding hydrogens is 310 g/mol. The van der Waals surface area contributed by atoms with Gasteiger partial charge in [-0.2, -0.15) is 5.26 Å². The molecule has 1 N–H and O–H groups in total. The summed E-state index contributed by atoms with van der Waals surface area (Å²) >= 11 is 1.63. The number of benzene rings is 1. The van der Waals surface area contributed by atoms with Gasteiger partial charge in [0.2, 0.25) is 0 Å². The molecule has 120 valence electrons. The van der Waals surface area contributed by atoms with E-state index in [-0.39, 0.29) is 12.0 Å². The molecule has 0 amide bonds. The summed E-state index contributed by atoms with van der Waals surface area (Å²) in [5.41, 5.74) is 1.21. The summed E-state index contributed by atoms with van der Waals surface area (Å²) in [5.74, 6) is -0.390. The van der Waals surface area contributed by atoms with E-state index in [9.17, 15) is 4.79 Å². The molecular formula is C17H19N3O2S. The van der Waals surface area contributed by atoms with Crippen LogP contribution < -0.4 is 5.32 Å². The van der Waals surface area contributed by atoms with Crippen LogP contribution >= 0.6 is 11.3 Å². The second-order valence-electron chi connectivity index (χ2n) is 5.10. The van der Waals surface area contributed by atoms with Crippen molar-refractivity contribution in [2.75, 3.05) is 7.11 Å². The van der Waals surface area contributed by atoms with E-state index in [1.54, 1.807) is 29.5 Å². The lowest BCUT2D eigenvalue weighted by Gasteiger charge is -2.20. The van der Waals surface area contributed by atoms with Gasteiger partial charge in [0.1, 0.15) is 11.0 Å². The lowest BCUT2D eigenvalue weighted by molar-refractivity contribution is -0.143. The number of thiazole rings is 1. The molecule has 0 aliphatic carbocycles. The van der Waals surface area contributed by atoms with Gasteiger partial charge in [0.05, 0.1) is 24.8 Å². The first-order valence-electron chi connectivity index (χ1n) is 7.37. The largest absolute Gasteiger partial charge is 0.468 e. The Morgan fingerprint density at radius 3 is 2.91 bits per heavy atom. The summed E-state index contributed by atoms with van der Waals surface area (Å²) in [7, 11) is 1.36. The molecule has 6 heteroatoms. The van der Waals surface area contributed by atoms with Crippen LogP contribution in [0.1, 0.15) is 46.9 Å². The second kappa shape index (κ2) is 7.86. The molecule has 5 nitrogen and oxygen atoms in total. The number of hydrogen-bond acceptors (Lipinski definition) is 6. The topological polar surface area (TPSA) is 75.0 Å². The van der Waals surface area contributed by atoms with Crippen molar-refractivity contribution < 1.29 is 9.53 Å². The molecule has 1 aromatic heterocycles. The first-order valence-corrected chi connectivity index (χ1v) is 8.19. The van der Waals surface area contributed by atoms with Crippen molar-refractivity contribution in [2.45, 2.75) is 32.4 Å². The summed E-state index contributed by atoms with van der Waals surface area (Å²) in [6.07, 6.45) is 2.80. The van der Waals surface area contributed by atoms with Crippen LogP contribution in [0.15, 0.2) is 30.5 Å².